The minimum Gasteiger partial charge on any atom is -0.308 e. The lowest BCUT2D eigenvalue weighted by atomic mass is 10.0. The van der Waals surface area contributed by atoms with Crippen LogP contribution in [0.3, 0.4) is 0 Å². The number of pyridine rings is 1. The van der Waals surface area contributed by atoms with Gasteiger partial charge in [0.1, 0.15) is 11.5 Å². The van der Waals surface area contributed by atoms with Crippen molar-refractivity contribution in [3.05, 3.63) is 29.8 Å². The van der Waals surface area contributed by atoms with Crippen molar-refractivity contribution in [2.45, 2.75) is 20.3 Å². The van der Waals surface area contributed by atoms with E-state index in [0.717, 1.165) is 32.3 Å². The second-order valence-electron chi connectivity index (χ2n) is 5.73. The fraction of sp³-hybridized carbons (Fsp3) is 0.625. The van der Waals surface area contributed by atoms with Crippen molar-refractivity contribution in [2.75, 3.05) is 40.3 Å². The van der Waals surface area contributed by atoms with Crippen molar-refractivity contribution in [3.63, 3.8) is 0 Å². The third-order valence-corrected chi connectivity index (χ3v) is 3.36. The maximum Gasteiger partial charge on any atom is 0.185 e. The van der Waals surface area contributed by atoms with Gasteiger partial charge in [0.2, 0.25) is 0 Å². The van der Waals surface area contributed by atoms with Crippen LogP contribution in [0.5, 0.6) is 0 Å². The number of carbonyl (C=O) groups is 1. The molecule has 21 heavy (non-hydrogen) atoms. The first-order chi connectivity index (χ1) is 9.93. The van der Waals surface area contributed by atoms with Crippen molar-refractivity contribution >= 4 is 5.78 Å². The lowest BCUT2D eigenvalue weighted by molar-refractivity contribution is 0.0885. The Kier molecular flexibility index (Phi) is 7.47. The molecule has 1 heterocycles. The van der Waals surface area contributed by atoms with E-state index in [4.69, 9.17) is 0 Å². The van der Waals surface area contributed by atoms with Crippen LogP contribution in [0.25, 0.3) is 0 Å². The third-order valence-electron chi connectivity index (χ3n) is 3.36. The van der Waals surface area contributed by atoms with Crippen molar-refractivity contribution in [2.24, 2.45) is 5.92 Å². The van der Waals surface area contributed by atoms with E-state index < -0.39 is 5.82 Å². The lowest BCUT2D eigenvalue weighted by Crippen LogP contribution is -2.37. The topological polar surface area (TPSA) is 36.4 Å². The number of rotatable bonds is 9. The zero-order valence-corrected chi connectivity index (χ0v) is 13.5. The Balaban J connectivity index is 2.60. The van der Waals surface area contributed by atoms with E-state index in [9.17, 15) is 9.18 Å². The molecule has 4 nitrogen and oxygen atoms in total. The van der Waals surface area contributed by atoms with E-state index in [1.54, 1.807) is 0 Å². The minimum atomic E-state index is -0.419. The molecule has 1 unspecified atom stereocenters. The van der Waals surface area contributed by atoms with Gasteiger partial charge in [-0.1, -0.05) is 13.8 Å². The van der Waals surface area contributed by atoms with Crippen LogP contribution in [-0.2, 0) is 0 Å². The lowest BCUT2D eigenvalue weighted by Gasteiger charge is -2.26. The molecule has 0 aliphatic carbocycles. The van der Waals surface area contributed by atoms with Gasteiger partial charge < -0.3 is 9.80 Å². The predicted molar refractivity (Wildman–Crippen MR) is 83.0 cm³/mol. The largest absolute Gasteiger partial charge is 0.308 e. The number of nitrogens with zero attached hydrogens (tertiary/aromatic N) is 3. The van der Waals surface area contributed by atoms with Gasteiger partial charge in [-0.15, -0.1) is 0 Å². The summed E-state index contributed by atoms with van der Waals surface area (Å²) in [5.41, 5.74) is 0.341. The average Bonchev–Trinajstić information content (AvgIpc) is 2.45. The molecule has 1 aromatic heterocycles. The number of likely N-dealkylation sites (N-methyl/N-ethyl adjacent to an activating group) is 1. The van der Waals surface area contributed by atoms with E-state index in [1.807, 2.05) is 21.0 Å². The monoisotopic (exact) mass is 295 g/mol. The Labute approximate surface area is 127 Å². The summed E-state index contributed by atoms with van der Waals surface area (Å²) < 4.78 is 12.9. The molecule has 0 N–H and O–H groups in total. The van der Waals surface area contributed by atoms with E-state index in [2.05, 4.69) is 21.7 Å². The summed E-state index contributed by atoms with van der Waals surface area (Å²) in [4.78, 5) is 20.6. The van der Waals surface area contributed by atoms with E-state index in [1.165, 1.54) is 12.1 Å². The molecule has 0 radical (unpaired) electrons. The second kappa shape index (κ2) is 8.85. The van der Waals surface area contributed by atoms with Gasteiger partial charge in [-0.3, -0.25) is 9.78 Å². The summed E-state index contributed by atoms with van der Waals surface area (Å²) in [6, 6.07) is 2.74. The van der Waals surface area contributed by atoms with Crippen LogP contribution in [-0.4, -0.2) is 60.8 Å². The van der Waals surface area contributed by atoms with Gasteiger partial charge in [0.15, 0.2) is 5.78 Å². The first-order valence-corrected chi connectivity index (χ1v) is 7.46. The molecule has 5 heteroatoms. The highest BCUT2D eigenvalue weighted by Crippen LogP contribution is 2.09. The van der Waals surface area contributed by atoms with Crippen LogP contribution in [0, 0.1) is 11.7 Å². The Morgan fingerprint density at radius 2 is 2.00 bits per heavy atom. The molecule has 0 bridgehead atoms. The average molecular weight is 295 g/mol. The first kappa shape index (κ1) is 17.7. The highest BCUT2D eigenvalue weighted by Gasteiger charge is 2.19. The van der Waals surface area contributed by atoms with Crippen LogP contribution in [0.15, 0.2) is 18.3 Å². The summed E-state index contributed by atoms with van der Waals surface area (Å²) in [6.45, 7) is 7.63. The Hall–Kier alpha value is -1.33. The van der Waals surface area contributed by atoms with Crippen molar-refractivity contribution in [1.29, 1.82) is 0 Å². The van der Waals surface area contributed by atoms with Gasteiger partial charge in [-0.2, -0.15) is 0 Å². The van der Waals surface area contributed by atoms with E-state index in [-0.39, 0.29) is 11.7 Å². The summed E-state index contributed by atoms with van der Waals surface area (Å²) in [5, 5.41) is 0. The second-order valence-corrected chi connectivity index (χ2v) is 5.73. The van der Waals surface area contributed by atoms with Crippen LogP contribution < -0.4 is 0 Å². The molecule has 0 fully saturated rings. The van der Waals surface area contributed by atoms with Gasteiger partial charge in [0.25, 0.3) is 0 Å². The maximum atomic E-state index is 12.9. The molecule has 118 valence electrons. The molecule has 1 rings (SSSR count). The number of hydrogen-bond donors (Lipinski definition) is 0. The van der Waals surface area contributed by atoms with Crippen LogP contribution in [0.1, 0.15) is 30.8 Å². The van der Waals surface area contributed by atoms with Gasteiger partial charge >= 0.3 is 0 Å². The van der Waals surface area contributed by atoms with Crippen molar-refractivity contribution in [3.8, 4) is 0 Å². The van der Waals surface area contributed by atoms with Gasteiger partial charge in [-0.05, 0) is 39.2 Å². The van der Waals surface area contributed by atoms with E-state index >= 15 is 0 Å². The summed E-state index contributed by atoms with van der Waals surface area (Å²) in [7, 11) is 4.09. The number of carbonyl (C=O) groups excluding carboxylic acids is 1. The summed E-state index contributed by atoms with van der Waals surface area (Å²) >= 11 is 0. The number of Topliss-reactive ketones (excluding diaryl/α,β-unsaturated/α-hetero) is 1. The van der Waals surface area contributed by atoms with Gasteiger partial charge in [0.05, 0.1) is 6.20 Å². The van der Waals surface area contributed by atoms with Crippen LogP contribution in [0.2, 0.25) is 0 Å². The SMILES string of the molecule is CCCN(CCN(C)C)CC(C)C(=O)c1ccc(F)cn1. The number of aromatic nitrogens is 1. The quantitative estimate of drug-likeness (QED) is 0.655. The molecular weight excluding hydrogens is 269 g/mol. The highest BCUT2D eigenvalue weighted by atomic mass is 19.1. The van der Waals surface area contributed by atoms with Crippen LogP contribution in [0.4, 0.5) is 4.39 Å². The van der Waals surface area contributed by atoms with Gasteiger partial charge in [0, 0.05) is 25.6 Å². The van der Waals surface area contributed by atoms with E-state index in [0.29, 0.717) is 12.2 Å². The Morgan fingerprint density at radius 3 is 2.52 bits per heavy atom. The number of halogens is 1. The smallest absolute Gasteiger partial charge is 0.185 e. The summed E-state index contributed by atoms with van der Waals surface area (Å²) in [6.07, 6.45) is 2.15. The van der Waals surface area contributed by atoms with Crippen LogP contribution >= 0.6 is 0 Å². The standard InChI is InChI=1S/C16H26FN3O/c1-5-8-20(10-9-19(3)4)12-13(2)16(21)15-7-6-14(17)11-18-15/h6-7,11,13H,5,8-10,12H2,1-4H3. The first-order valence-electron chi connectivity index (χ1n) is 7.46. The normalized spacial score (nSPS) is 12.9. The predicted octanol–water partition coefficient (Wildman–Crippen LogP) is 2.31. The highest BCUT2D eigenvalue weighted by molar-refractivity contribution is 5.95. The molecule has 0 amide bonds. The zero-order chi connectivity index (χ0) is 15.8. The molecule has 0 aliphatic rings. The zero-order valence-electron chi connectivity index (χ0n) is 13.5. The molecular formula is C16H26FN3O. The van der Waals surface area contributed by atoms with Crippen molar-refractivity contribution < 1.29 is 9.18 Å². The minimum absolute atomic E-state index is 0.0269. The van der Waals surface area contributed by atoms with Crippen molar-refractivity contribution in [1.82, 2.24) is 14.8 Å². The Bertz CT molecular complexity index is 434. The third kappa shape index (κ3) is 6.31. The molecule has 0 spiro atoms. The van der Waals surface area contributed by atoms with Gasteiger partial charge in [-0.25, -0.2) is 4.39 Å². The molecule has 0 aliphatic heterocycles. The molecule has 0 saturated carbocycles. The number of ketones is 1. The fourth-order valence-electron chi connectivity index (χ4n) is 2.20. The Morgan fingerprint density at radius 1 is 1.29 bits per heavy atom. The molecule has 1 atom stereocenters. The number of hydrogen-bond acceptors (Lipinski definition) is 4. The molecule has 0 aromatic carbocycles. The molecule has 0 saturated heterocycles. The maximum absolute atomic E-state index is 12.9. The fourth-order valence-corrected chi connectivity index (χ4v) is 2.20. The molecule has 1 aromatic rings. The summed E-state index contributed by atoms with van der Waals surface area (Å²) in [5.74, 6) is -0.588.